The summed E-state index contributed by atoms with van der Waals surface area (Å²) in [5, 5.41) is 18.3. The lowest BCUT2D eigenvalue weighted by Crippen LogP contribution is -1.97. The van der Waals surface area contributed by atoms with Gasteiger partial charge in [0.05, 0.1) is 0 Å². The highest BCUT2D eigenvalue weighted by atomic mass is 35.7. The third-order valence-electron chi connectivity index (χ3n) is 1.98. The maximum absolute atomic E-state index is 11.1. The zero-order valence-corrected chi connectivity index (χ0v) is 9.43. The van der Waals surface area contributed by atoms with Gasteiger partial charge in [0.25, 0.3) is 9.05 Å². The Morgan fingerprint density at radius 2 is 2.13 bits per heavy atom. The van der Waals surface area contributed by atoms with Crippen molar-refractivity contribution in [3.05, 3.63) is 23.3 Å². The van der Waals surface area contributed by atoms with E-state index in [9.17, 15) is 13.5 Å². The van der Waals surface area contributed by atoms with Crippen LogP contribution in [-0.4, -0.2) is 13.5 Å². The number of hydrogen-bond donors (Lipinski definition) is 1. The van der Waals surface area contributed by atoms with Crippen LogP contribution in [0, 0.1) is 11.3 Å². The molecule has 0 aromatic heterocycles. The fourth-order valence-corrected chi connectivity index (χ4v) is 2.21. The molecule has 0 bridgehead atoms. The summed E-state index contributed by atoms with van der Waals surface area (Å²) in [6, 6.07) is 4.29. The fraction of sp³-hybridized carbons (Fsp3) is 0.222. The first-order chi connectivity index (χ1) is 6.91. The lowest BCUT2D eigenvalue weighted by atomic mass is 10.1. The monoisotopic (exact) mass is 245 g/mol. The molecule has 1 rings (SSSR count). The van der Waals surface area contributed by atoms with Gasteiger partial charge in [-0.2, -0.15) is 5.26 Å². The Kier molecular flexibility index (Phi) is 3.22. The summed E-state index contributed by atoms with van der Waals surface area (Å²) in [7, 11) is 1.12. The van der Waals surface area contributed by atoms with Crippen molar-refractivity contribution < 1.29 is 13.5 Å². The molecule has 0 saturated carbocycles. The fourth-order valence-electron chi connectivity index (χ4n) is 1.21. The normalized spacial score (nSPS) is 11.0. The van der Waals surface area contributed by atoms with Crippen LogP contribution in [0.15, 0.2) is 17.0 Å². The van der Waals surface area contributed by atoms with E-state index in [-0.39, 0.29) is 16.2 Å². The summed E-state index contributed by atoms with van der Waals surface area (Å²) in [6.07, 6.45) is 0.503. The van der Waals surface area contributed by atoms with Crippen LogP contribution < -0.4 is 0 Å². The van der Waals surface area contributed by atoms with E-state index in [4.69, 9.17) is 15.9 Å². The highest BCUT2D eigenvalue weighted by Crippen LogP contribution is 2.30. The first-order valence-electron chi connectivity index (χ1n) is 4.11. The van der Waals surface area contributed by atoms with Crippen LogP contribution in [0.1, 0.15) is 18.1 Å². The number of benzene rings is 1. The molecule has 1 N–H and O–H groups in total. The summed E-state index contributed by atoms with van der Waals surface area (Å²) in [6.45, 7) is 1.78. The van der Waals surface area contributed by atoms with Crippen molar-refractivity contribution in [2.75, 3.05) is 0 Å². The first kappa shape index (κ1) is 11.8. The standard InChI is InChI=1S/C9H8ClNO3S/c1-2-6-3-4-8(15(10,13)14)7(5-11)9(6)12/h3-4,12H,2H2,1H3. The van der Waals surface area contributed by atoms with Gasteiger partial charge in [-0.25, -0.2) is 8.42 Å². The van der Waals surface area contributed by atoms with Gasteiger partial charge in [-0.05, 0) is 18.1 Å². The van der Waals surface area contributed by atoms with Gasteiger partial charge in [0.15, 0.2) is 0 Å². The summed E-state index contributed by atoms with van der Waals surface area (Å²) >= 11 is 0. The van der Waals surface area contributed by atoms with Crippen molar-refractivity contribution in [3.63, 3.8) is 0 Å². The number of nitrogens with zero attached hydrogens (tertiary/aromatic N) is 1. The smallest absolute Gasteiger partial charge is 0.262 e. The van der Waals surface area contributed by atoms with Crippen molar-refractivity contribution in [1.29, 1.82) is 5.26 Å². The summed E-state index contributed by atoms with van der Waals surface area (Å²) in [4.78, 5) is -0.360. The van der Waals surface area contributed by atoms with Gasteiger partial charge in [-0.15, -0.1) is 0 Å². The minimum Gasteiger partial charge on any atom is -0.506 e. The molecule has 0 fully saturated rings. The van der Waals surface area contributed by atoms with Crippen molar-refractivity contribution in [1.82, 2.24) is 0 Å². The van der Waals surface area contributed by atoms with Crippen molar-refractivity contribution >= 4 is 19.7 Å². The van der Waals surface area contributed by atoms with E-state index in [1.54, 1.807) is 13.0 Å². The van der Waals surface area contributed by atoms with Crippen LogP contribution in [0.25, 0.3) is 0 Å². The number of nitriles is 1. The third-order valence-corrected chi connectivity index (χ3v) is 3.34. The number of aromatic hydroxyl groups is 1. The van der Waals surface area contributed by atoms with Crippen LogP contribution in [0.5, 0.6) is 5.75 Å². The lowest BCUT2D eigenvalue weighted by Gasteiger charge is -2.06. The molecule has 1 aromatic rings. The van der Waals surface area contributed by atoms with Gasteiger partial charge >= 0.3 is 0 Å². The molecule has 0 aliphatic carbocycles. The highest BCUT2D eigenvalue weighted by molar-refractivity contribution is 8.13. The van der Waals surface area contributed by atoms with Gasteiger partial charge in [0.2, 0.25) is 0 Å². The van der Waals surface area contributed by atoms with E-state index in [0.717, 1.165) is 0 Å². The number of aryl methyl sites for hydroxylation is 1. The Balaban J connectivity index is 3.61. The molecular weight excluding hydrogens is 238 g/mol. The molecule has 0 radical (unpaired) electrons. The molecule has 15 heavy (non-hydrogen) atoms. The summed E-state index contributed by atoms with van der Waals surface area (Å²) < 4.78 is 22.1. The van der Waals surface area contributed by atoms with E-state index in [1.165, 1.54) is 12.1 Å². The Bertz CT molecular complexity index is 531. The van der Waals surface area contributed by atoms with Gasteiger partial charge in [0.1, 0.15) is 22.3 Å². The number of rotatable bonds is 2. The van der Waals surface area contributed by atoms with Gasteiger partial charge < -0.3 is 5.11 Å². The Hall–Kier alpha value is -1.25. The molecule has 0 spiro atoms. The Morgan fingerprint density at radius 1 is 1.53 bits per heavy atom. The summed E-state index contributed by atoms with van der Waals surface area (Å²) in [5.74, 6) is -0.318. The minimum absolute atomic E-state index is 0.302. The zero-order chi connectivity index (χ0) is 11.6. The van der Waals surface area contributed by atoms with E-state index < -0.39 is 9.05 Å². The molecule has 80 valence electrons. The maximum atomic E-state index is 11.1. The molecule has 0 unspecified atom stereocenters. The molecule has 0 heterocycles. The number of phenols is 1. The first-order valence-corrected chi connectivity index (χ1v) is 6.42. The van der Waals surface area contributed by atoms with Crippen LogP contribution in [-0.2, 0) is 15.5 Å². The van der Waals surface area contributed by atoms with Gasteiger partial charge in [0, 0.05) is 10.7 Å². The van der Waals surface area contributed by atoms with Crippen molar-refractivity contribution in [3.8, 4) is 11.8 Å². The largest absolute Gasteiger partial charge is 0.506 e. The predicted octanol–water partition coefficient (Wildman–Crippen LogP) is 1.75. The lowest BCUT2D eigenvalue weighted by molar-refractivity contribution is 0.464. The number of hydrogen-bond acceptors (Lipinski definition) is 4. The number of halogens is 1. The second-order valence-electron chi connectivity index (χ2n) is 2.85. The zero-order valence-electron chi connectivity index (χ0n) is 7.86. The second-order valence-corrected chi connectivity index (χ2v) is 5.38. The van der Waals surface area contributed by atoms with Crippen LogP contribution in [0.2, 0.25) is 0 Å². The Morgan fingerprint density at radius 3 is 2.53 bits per heavy atom. The SMILES string of the molecule is CCc1ccc(S(=O)(=O)Cl)c(C#N)c1O. The van der Waals surface area contributed by atoms with Crippen molar-refractivity contribution in [2.24, 2.45) is 0 Å². The maximum Gasteiger partial charge on any atom is 0.262 e. The molecule has 6 heteroatoms. The molecule has 0 amide bonds. The quantitative estimate of drug-likeness (QED) is 0.806. The Labute approximate surface area is 92.1 Å². The molecule has 0 atom stereocenters. The summed E-state index contributed by atoms with van der Waals surface area (Å²) in [5.41, 5.74) is 0.208. The topological polar surface area (TPSA) is 78.2 Å². The van der Waals surface area contributed by atoms with E-state index in [0.29, 0.717) is 12.0 Å². The average Bonchev–Trinajstić information content (AvgIpc) is 2.15. The molecule has 0 aliphatic heterocycles. The molecular formula is C9H8ClNO3S. The molecule has 4 nitrogen and oxygen atoms in total. The van der Waals surface area contributed by atoms with E-state index in [1.807, 2.05) is 0 Å². The van der Waals surface area contributed by atoms with E-state index >= 15 is 0 Å². The van der Waals surface area contributed by atoms with E-state index in [2.05, 4.69) is 0 Å². The molecule has 1 aromatic carbocycles. The van der Waals surface area contributed by atoms with Crippen molar-refractivity contribution in [2.45, 2.75) is 18.2 Å². The van der Waals surface area contributed by atoms with Crippen LogP contribution >= 0.6 is 10.7 Å². The molecule has 0 aliphatic rings. The highest BCUT2D eigenvalue weighted by Gasteiger charge is 2.20. The minimum atomic E-state index is -4.00. The van der Waals surface area contributed by atoms with Crippen LogP contribution in [0.3, 0.4) is 0 Å². The molecule has 0 saturated heterocycles. The third kappa shape index (κ3) is 2.22. The van der Waals surface area contributed by atoms with Gasteiger partial charge in [-0.1, -0.05) is 13.0 Å². The number of phenolic OH excluding ortho intramolecular Hbond substituents is 1. The average molecular weight is 246 g/mol. The predicted molar refractivity (Wildman–Crippen MR) is 55.2 cm³/mol. The van der Waals surface area contributed by atoms with Crippen LogP contribution in [0.4, 0.5) is 0 Å². The second kappa shape index (κ2) is 4.09. The van der Waals surface area contributed by atoms with Gasteiger partial charge in [-0.3, -0.25) is 0 Å².